The first-order valence-electron chi connectivity index (χ1n) is 8.83. The van der Waals surface area contributed by atoms with E-state index in [1.165, 1.54) is 32.1 Å². The van der Waals surface area contributed by atoms with Gasteiger partial charge in [0, 0.05) is 19.1 Å². The van der Waals surface area contributed by atoms with E-state index in [0.29, 0.717) is 30.8 Å². The molecule has 0 amide bonds. The standard InChI is InChI=1S/C16H32N2O2S/c1-2-12-18(13-16-10-6-7-11-17-16)21(19,20)14-15-8-4-3-5-9-15/h15-17H,2-14H2,1H3. The van der Waals surface area contributed by atoms with Crippen molar-refractivity contribution in [3.63, 3.8) is 0 Å². The summed E-state index contributed by atoms with van der Waals surface area (Å²) in [6.45, 7) is 4.45. The Labute approximate surface area is 130 Å². The van der Waals surface area contributed by atoms with Crippen molar-refractivity contribution < 1.29 is 8.42 Å². The second kappa shape index (κ2) is 8.49. The van der Waals surface area contributed by atoms with E-state index in [2.05, 4.69) is 12.2 Å². The van der Waals surface area contributed by atoms with Gasteiger partial charge in [0.2, 0.25) is 10.0 Å². The zero-order chi connectivity index (χ0) is 15.1. The minimum atomic E-state index is -3.09. The zero-order valence-corrected chi connectivity index (χ0v) is 14.3. The average molecular weight is 317 g/mol. The Kier molecular flexibility index (Phi) is 6.96. The van der Waals surface area contributed by atoms with E-state index in [1.54, 1.807) is 4.31 Å². The van der Waals surface area contributed by atoms with Crippen LogP contribution in [0.1, 0.15) is 64.7 Å². The molecule has 0 aromatic rings. The number of hydrogen-bond donors (Lipinski definition) is 1. The molecule has 1 heterocycles. The van der Waals surface area contributed by atoms with Gasteiger partial charge in [0.1, 0.15) is 0 Å². The summed E-state index contributed by atoms with van der Waals surface area (Å²) in [6.07, 6.45) is 10.3. The van der Waals surface area contributed by atoms with Gasteiger partial charge in [-0.25, -0.2) is 12.7 Å². The van der Waals surface area contributed by atoms with Crippen LogP contribution in [0.3, 0.4) is 0 Å². The number of hydrogen-bond acceptors (Lipinski definition) is 3. The molecule has 1 saturated carbocycles. The van der Waals surface area contributed by atoms with Gasteiger partial charge in [-0.3, -0.25) is 0 Å². The molecule has 0 radical (unpaired) electrons. The van der Waals surface area contributed by atoms with Gasteiger partial charge in [-0.15, -0.1) is 0 Å². The smallest absolute Gasteiger partial charge is 0.214 e. The van der Waals surface area contributed by atoms with Crippen molar-refractivity contribution in [1.29, 1.82) is 0 Å². The molecule has 5 heteroatoms. The molecule has 124 valence electrons. The SMILES string of the molecule is CCCN(CC1CCCCN1)S(=O)(=O)CC1CCCCC1. The van der Waals surface area contributed by atoms with E-state index in [0.717, 1.165) is 32.2 Å². The van der Waals surface area contributed by atoms with Crippen molar-refractivity contribution >= 4 is 10.0 Å². The maximum Gasteiger partial charge on any atom is 0.214 e. The second-order valence-corrected chi connectivity index (χ2v) is 8.80. The van der Waals surface area contributed by atoms with Crippen LogP contribution in [-0.2, 0) is 10.0 Å². The Bertz CT molecular complexity index is 385. The maximum absolute atomic E-state index is 12.8. The van der Waals surface area contributed by atoms with Crippen molar-refractivity contribution in [2.45, 2.75) is 70.8 Å². The van der Waals surface area contributed by atoms with Gasteiger partial charge in [-0.05, 0) is 44.6 Å². The predicted octanol–water partition coefficient (Wildman–Crippen LogP) is 2.75. The molecule has 2 rings (SSSR count). The lowest BCUT2D eigenvalue weighted by atomic mass is 9.91. The van der Waals surface area contributed by atoms with Crippen LogP contribution in [0, 0.1) is 5.92 Å². The van der Waals surface area contributed by atoms with Crippen molar-refractivity contribution in [3.05, 3.63) is 0 Å². The molecule has 1 aliphatic heterocycles. The third kappa shape index (κ3) is 5.53. The van der Waals surface area contributed by atoms with E-state index in [-0.39, 0.29) is 0 Å². The number of nitrogens with one attached hydrogen (secondary N) is 1. The first kappa shape index (κ1) is 17.2. The fourth-order valence-electron chi connectivity index (χ4n) is 3.68. The Balaban J connectivity index is 1.93. The summed E-state index contributed by atoms with van der Waals surface area (Å²) in [5.74, 6) is 0.766. The van der Waals surface area contributed by atoms with Crippen LogP contribution in [0.25, 0.3) is 0 Å². The predicted molar refractivity (Wildman–Crippen MR) is 87.9 cm³/mol. The minimum Gasteiger partial charge on any atom is -0.313 e. The fraction of sp³-hybridized carbons (Fsp3) is 1.00. The van der Waals surface area contributed by atoms with Crippen LogP contribution in [0.5, 0.6) is 0 Å². The fourth-order valence-corrected chi connectivity index (χ4v) is 5.68. The number of nitrogens with zero attached hydrogens (tertiary/aromatic N) is 1. The summed E-state index contributed by atoms with van der Waals surface area (Å²) in [5.41, 5.74) is 0. The van der Waals surface area contributed by atoms with Crippen molar-refractivity contribution in [1.82, 2.24) is 9.62 Å². The topological polar surface area (TPSA) is 49.4 Å². The van der Waals surface area contributed by atoms with E-state index in [4.69, 9.17) is 0 Å². The van der Waals surface area contributed by atoms with Gasteiger partial charge in [-0.2, -0.15) is 0 Å². The molecule has 0 spiro atoms. The summed E-state index contributed by atoms with van der Waals surface area (Å²) in [5, 5.41) is 3.48. The largest absolute Gasteiger partial charge is 0.313 e. The average Bonchev–Trinajstić information content (AvgIpc) is 2.48. The van der Waals surface area contributed by atoms with E-state index < -0.39 is 10.0 Å². The first-order valence-corrected chi connectivity index (χ1v) is 10.4. The zero-order valence-electron chi connectivity index (χ0n) is 13.5. The molecular weight excluding hydrogens is 284 g/mol. The minimum absolute atomic E-state index is 0.353. The van der Waals surface area contributed by atoms with Crippen LogP contribution in [-0.4, -0.2) is 44.2 Å². The Hall–Kier alpha value is -0.130. The lowest BCUT2D eigenvalue weighted by Gasteiger charge is -2.31. The van der Waals surface area contributed by atoms with Gasteiger partial charge in [0.05, 0.1) is 5.75 Å². The number of rotatable bonds is 7. The molecule has 4 nitrogen and oxygen atoms in total. The Morgan fingerprint density at radius 2 is 1.76 bits per heavy atom. The van der Waals surface area contributed by atoms with Crippen LogP contribution in [0.4, 0.5) is 0 Å². The molecule has 1 saturated heterocycles. The molecular formula is C16H32N2O2S. The van der Waals surface area contributed by atoms with Crippen molar-refractivity contribution in [3.8, 4) is 0 Å². The quantitative estimate of drug-likeness (QED) is 0.786. The molecule has 0 aromatic heterocycles. The highest BCUT2D eigenvalue weighted by atomic mass is 32.2. The summed E-state index contributed by atoms with van der Waals surface area (Å²) < 4.78 is 27.3. The van der Waals surface area contributed by atoms with Crippen LogP contribution in [0.15, 0.2) is 0 Å². The van der Waals surface area contributed by atoms with Gasteiger partial charge < -0.3 is 5.32 Å². The summed E-state index contributed by atoms with van der Waals surface area (Å²) >= 11 is 0. The Morgan fingerprint density at radius 3 is 2.38 bits per heavy atom. The number of sulfonamides is 1. The van der Waals surface area contributed by atoms with Crippen molar-refractivity contribution in [2.75, 3.05) is 25.4 Å². The summed E-state index contributed by atoms with van der Waals surface area (Å²) in [4.78, 5) is 0. The highest BCUT2D eigenvalue weighted by molar-refractivity contribution is 7.89. The van der Waals surface area contributed by atoms with Crippen molar-refractivity contribution in [2.24, 2.45) is 5.92 Å². The van der Waals surface area contributed by atoms with Gasteiger partial charge in [0.25, 0.3) is 0 Å². The second-order valence-electron chi connectivity index (χ2n) is 6.79. The van der Waals surface area contributed by atoms with Crippen LogP contribution < -0.4 is 5.32 Å². The highest BCUT2D eigenvalue weighted by Gasteiger charge is 2.29. The summed E-state index contributed by atoms with van der Waals surface area (Å²) in [6, 6.07) is 0.353. The maximum atomic E-state index is 12.8. The monoisotopic (exact) mass is 316 g/mol. The Morgan fingerprint density at radius 1 is 1.05 bits per heavy atom. The molecule has 1 unspecified atom stereocenters. The third-order valence-corrected chi connectivity index (χ3v) is 6.88. The summed E-state index contributed by atoms with van der Waals surface area (Å²) in [7, 11) is -3.09. The molecule has 1 aliphatic carbocycles. The highest BCUT2D eigenvalue weighted by Crippen LogP contribution is 2.26. The van der Waals surface area contributed by atoms with Crippen LogP contribution in [0.2, 0.25) is 0 Å². The molecule has 0 bridgehead atoms. The lowest BCUT2D eigenvalue weighted by Crippen LogP contribution is -2.47. The number of piperidine rings is 1. The van der Waals surface area contributed by atoms with E-state index >= 15 is 0 Å². The molecule has 21 heavy (non-hydrogen) atoms. The third-order valence-electron chi connectivity index (χ3n) is 4.87. The molecule has 0 aromatic carbocycles. The van der Waals surface area contributed by atoms with Gasteiger partial charge >= 0.3 is 0 Å². The molecule has 1 N–H and O–H groups in total. The first-order chi connectivity index (χ1) is 10.1. The van der Waals surface area contributed by atoms with Crippen LogP contribution >= 0.6 is 0 Å². The van der Waals surface area contributed by atoms with Gasteiger partial charge in [0.15, 0.2) is 0 Å². The molecule has 1 atom stereocenters. The molecule has 2 aliphatic rings. The normalized spacial score (nSPS) is 25.3. The lowest BCUT2D eigenvalue weighted by molar-refractivity contribution is 0.307. The molecule has 2 fully saturated rings. The van der Waals surface area contributed by atoms with E-state index in [1.807, 2.05) is 0 Å². The van der Waals surface area contributed by atoms with E-state index in [9.17, 15) is 8.42 Å². The van der Waals surface area contributed by atoms with Gasteiger partial charge in [-0.1, -0.05) is 32.6 Å².